The summed E-state index contributed by atoms with van der Waals surface area (Å²) >= 11 is 0. The van der Waals surface area contributed by atoms with Crippen LogP contribution in [0.2, 0.25) is 0 Å². The first kappa shape index (κ1) is 18.2. The third kappa shape index (κ3) is 8.09. The fourth-order valence-electron chi connectivity index (χ4n) is 1.82. The molecule has 0 N–H and O–H groups in total. The van der Waals surface area contributed by atoms with Gasteiger partial charge in [-0.15, -0.1) is 0 Å². The fourth-order valence-corrected chi connectivity index (χ4v) is 1.82. The highest BCUT2D eigenvalue weighted by Gasteiger charge is 2.26. The Balaban J connectivity index is 0.00000154. The summed E-state index contributed by atoms with van der Waals surface area (Å²) in [6.07, 6.45) is 2.99. The van der Waals surface area contributed by atoms with E-state index >= 15 is 0 Å². The van der Waals surface area contributed by atoms with Gasteiger partial charge in [0.1, 0.15) is 5.60 Å². The minimum atomic E-state index is -0.410. The number of nitrogens with zero attached hydrogens (tertiary/aromatic N) is 1. The van der Waals surface area contributed by atoms with Crippen LogP contribution in [-0.4, -0.2) is 42.4 Å². The van der Waals surface area contributed by atoms with Crippen molar-refractivity contribution < 1.29 is 14.3 Å². The average Bonchev–Trinajstić information content (AvgIpc) is 2.37. The van der Waals surface area contributed by atoms with Gasteiger partial charge < -0.3 is 14.4 Å². The molecule has 1 fully saturated rings. The van der Waals surface area contributed by atoms with Crippen LogP contribution in [0.3, 0.4) is 0 Å². The van der Waals surface area contributed by atoms with Crippen LogP contribution in [0.25, 0.3) is 0 Å². The fraction of sp³-hybridized carbons (Fsp3) is 0.933. The summed E-state index contributed by atoms with van der Waals surface area (Å²) in [5.74, 6) is 0. The van der Waals surface area contributed by atoms with Crippen LogP contribution in [0, 0.1) is 0 Å². The van der Waals surface area contributed by atoms with Gasteiger partial charge in [-0.2, -0.15) is 0 Å². The van der Waals surface area contributed by atoms with E-state index in [2.05, 4.69) is 6.92 Å². The van der Waals surface area contributed by atoms with E-state index in [0.717, 1.165) is 39.0 Å². The van der Waals surface area contributed by atoms with Gasteiger partial charge in [0.25, 0.3) is 0 Å². The topological polar surface area (TPSA) is 38.8 Å². The Hall–Kier alpha value is -0.770. The second-order valence-corrected chi connectivity index (χ2v) is 5.54. The summed E-state index contributed by atoms with van der Waals surface area (Å²) in [7, 11) is 0. The van der Waals surface area contributed by atoms with E-state index < -0.39 is 5.60 Å². The lowest BCUT2D eigenvalue weighted by molar-refractivity contribution is -0.0111. The summed E-state index contributed by atoms with van der Waals surface area (Å²) < 4.78 is 11.0. The van der Waals surface area contributed by atoms with Crippen molar-refractivity contribution in [3.63, 3.8) is 0 Å². The van der Waals surface area contributed by atoms with Gasteiger partial charge in [-0.25, -0.2) is 4.79 Å². The predicted octanol–water partition coefficient (Wildman–Crippen LogP) is 3.84. The largest absolute Gasteiger partial charge is 0.444 e. The molecule has 0 spiro atoms. The molecule has 1 heterocycles. The molecule has 1 aliphatic heterocycles. The van der Waals surface area contributed by atoms with Crippen molar-refractivity contribution in [2.24, 2.45) is 0 Å². The smallest absolute Gasteiger partial charge is 0.410 e. The Labute approximate surface area is 118 Å². The van der Waals surface area contributed by atoms with Crippen molar-refractivity contribution in [3.05, 3.63) is 0 Å². The molecule has 0 aromatic carbocycles. The number of amides is 1. The van der Waals surface area contributed by atoms with Crippen molar-refractivity contribution in [2.75, 3.05) is 19.7 Å². The number of likely N-dealkylation sites (tertiary alicyclic amines) is 1. The van der Waals surface area contributed by atoms with Crippen molar-refractivity contribution in [1.29, 1.82) is 0 Å². The van der Waals surface area contributed by atoms with Gasteiger partial charge in [0, 0.05) is 19.7 Å². The second kappa shape index (κ2) is 9.18. The van der Waals surface area contributed by atoms with Crippen molar-refractivity contribution >= 4 is 6.09 Å². The molecule has 0 bridgehead atoms. The quantitative estimate of drug-likeness (QED) is 0.784. The molecule has 19 heavy (non-hydrogen) atoms. The van der Waals surface area contributed by atoms with Gasteiger partial charge in [0.2, 0.25) is 0 Å². The Morgan fingerprint density at radius 2 is 1.74 bits per heavy atom. The first-order chi connectivity index (χ1) is 8.92. The van der Waals surface area contributed by atoms with Gasteiger partial charge in [0.05, 0.1) is 6.10 Å². The molecule has 4 nitrogen and oxygen atoms in total. The molecule has 0 atom stereocenters. The normalized spacial score (nSPS) is 16.6. The molecule has 1 aliphatic rings. The van der Waals surface area contributed by atoms with Crippen LogP contribution < -0.4 is 0 Å². The minimum Gasteiger partial charge on any atom is -0.444 e. The summed E-state index contributed by atoms with van der Waals surface area (Å²) in [6.45, 7) is 14.1. The standard InChI is InChI=1S/C13H25NO3.C2H6/c1-5-10-16-11-6-8-14(9-7-11)12(15)17-13(2,3)4;1-2/h11H,5-10H2,1-4H3;1-2H3. The molecule has 0 saturated carbocycles. The Morgan fingerprint density at radius 3 is 2.16 bits per heavy atom. The Bertz CT molecular complexity index is 240. The second-order valence-electron chi connectivity index (χ2n) is 5.54. The lowest BCUT2D eigenvalue weighted by Gasteiger charge is -2.33. The lowest BCUT2D eigenvalue weighted by atomic mass is 10.1. The van der Waals surface area contributed by atoms with Crippen LogP contribution in [-0.2, 0) is 9.47 Å². The number of ether oxygens (including phenoxy) is 2. The van der Waals surface area contributed by atoms with Crippen LogP contribution in [0.5, 0.6) is 0 Å². The maximum absolute atomic E-state index is 11.8. The lowest BCUT2D eigenvalue weighted by Crippen LogP contribution is -2.43. The van der Waals surface area contributed by atoms with E-state index in [4.69, 9.17) is 9.47 Å². The first-order valence-electron chi connectivity index (χ1n) is 7.52. The highest BCUT2D eigenvalue weighted by Crippen LogP contribution is 2.17. The molecule has 1 rings (SSSR count). The molecule has 4 heteroatoms. The van der Waals surface area contributed by atoms with E-state index in [1.807, 2.05) is 34.6 Å². The molecule has 0 radical (unpaired) electrons. The van der Waals surface area contributed by atoms with Gasteiger partial charge in [0.15, 0.2) is 0 Å². The number of rotatable bonds is 3. The summed E-state index contributed by atoms with van der Waals surface area (Å²) in [4.78, 5) is 13.6. The summed E-state index contributed by atoms with van der Waals surface area (Å²) in [5.41, 5.74) is -0.410. The number of piperidine rings is 1. The highest BCUT2D eigenvalue weighted by molar-refractivity contribution is 5.68. The molecule has 0 aromatic heterocycles. The zero-order chi connectivity index (χ0) is 14.9. The van der Waals surface area contributed by atoms with Crippen LogP contribution in [0.1, 0.15) is 60.8 Å². The van der Waals surface area contributed by atoms with E-state index in [0.29, 0.717) is 6.10 Å². The third-order valence-electron chi connectivity index (χ3n) is 2.65. The van der Waals surface area contributed by atoms with Gasteiger partial charge >= 0.3 is 6.09 Å². The highest BCUT2D eigenvalue weighted by atomic mass is 16.6. The molecular formula is C15H31NO3. The molecule has 0 unspecified atom stereocenters. The predicted molar refractivity (Wildman–Crippen MR) is 78.4 cm³/mol. The van der Waals surface area contributed by atoms with E-state index in [1.165, 1.54) is 0 Å². The zero-order valence-electron chi connectivity index (χ0n) is 13.5. The molecule has 1 saturated heterocycles. The van der Waals surface area contributed by atoms with Crippen LogP contribution in [0.4, 0.5) is 4.79 Å². The Kier molecular flexibility index (Phi) is 8.81. The number of hydrogen-bond acceptors (Lipinski definition) is 3. The zero-order valence-corrected chi connectivity index (χ0v) is 13.5. The minimum absolute atomic E-state index is 0.202. The maximum atomic E-state index is 11.8. The SMILES string of the molecule is CC.CCCOC1CCN(C(=O)OC(C)(C)C)CC1. The van der Waals surface area contributed by atoms with Gasteiger partial charge in [-0.3, -0.25) is 0 Å². The maximum Gasteiger partial charge on any atom is 0.410 e. The van der Waals surface area contributed by atoms with Crippen molar-refractivity contribution in [3.8, 4) is 0 Å². The van der Waals surface area contributed by atoms with E-state index in [1.54, 1.807) is 4.90 Å². The third-order valence-corrected chi connectivity index (χ3v) is 2.65. The first-order valence-corrected chi connectivity index (χ1v) is 7.52. The number of hydrogen-bond donors (Lipinski definition) is 0. The molecule has 1 amide bonds. The summed E-state index contributed by atoms with van der Waals surface area (Å²) in [6, 6.07) is 0. The molecule has 0 aliphatic carbocycles. The van der Waals surface area contributed by atoms with Crippen molar-refractivity contribution in [1.82, 2.24) is 4.90 Å². The van der Waals surface area contributed by atoms with Gasteiger partial charge in [-0.1, -0.05) is 20.8 Å². The summed E-state index contributed by atoms with van der Waals surface area (Å²) in [5, 5.41) is 0. The molecular weight excluding hydrogens is 242 g/mol. The molecule has 114 valence electrons. The van der Waals surface area contributed by atoms with Crippen LogP contribution in [0.15, 0.2) is 0 Å². The number of carbonyl (C=O) groups is 1. The molecule has 0 aromatic rings. The Morgan fingerprint density at radius 1 is 1.21 bits per heavy atom. The average molecular weight is 273 g/mol. The number of carbonyl (C=O) groups excluding carboxylic acids is 1. The monoisotopic (exact) mass is 273 g/mol. The van der Waals surface area contributed by atoms with Gasteiger partial charge in [-0.05, 0) is 40.0 Å². The van der Waals surface area contributed by atoms with E-state index in [9.17, 15) is 4.79 Å². The van der Waals surface area contributed by atoms with E-state index in [-0.39, 0.29) is 6.09 Å². The van der Waals surface area contributed by atoms with Crippen molar-refractivity contribution in [2.45, 2.75) is 72.5 Å². The van der Waals surface area contributed by atoms with Crippen LogP contribution >= 0.6 is 0 Å².